The highest BCUT2D eigenvalue weighted by molar-refractivity contribution is 7.95. The van der Waals surface area contributed by atoms with Crippen LogP contribution >= 0.6 is 0 Å². The summed E-state index contributed by atoms with van der Waals surface area (Å²) in [6, 6.07) is 5.54. The van der Waals surface area contributed by atoms with Crippen molar-refractivity contribution in [1.29, 1.82) is 0 Å². The Labute approximate surface area is 143 Å². The average Bonchev–Trinajstić information content (AvgIpc) is 3.28. The second-order valence-electron chi connectivity index (χ2n) is 7.09. The molecule has 1 aromatic rings. The van der Waals surface area contributed by atoms with E-state index in [0.717, 1.165) is 17.6 Å². The summed E-state index contributed by atoms with van der Waals surface area (Å²) in [7, 11) is -6.35. The Hall–Kier alpha value is -1.34. The number of rotatable bonds is 4. The van der Waals surface area contributed by atoms with Gasteiger partial charge in [0.05, 0.1) is 17.2 Å². The maximum atomic E-state index is 12.6. The molecule has 130 valence electrons. The maximum absolute atomic E-state index is 12.6. The van der Waals surface area contributed by atoms with E-state index in [-0.39, 0.29) is 17.5 Å². The molecule has 1 saturated carbocycles. The van der Waals surface area contributed by atoms with Gasteiger partial charge < -0.3 is 5.32 Å². The molecule has 0 atom stereocenters. The van der Waals surface area contributed by atoms with Crippen LogP contribution in [0.4, 0.5) is 5.69 Å². The SMILES string of the molecule is O=S1(=O)CCC(Nc2cccc3c2S(=O)(=O)C=C3CC2CC2)CC1. The summed E-state index contributed by atoms with van der Waals surface area (Å²) in [6.07, 6.45) is 4.24. The van der Waals surface area contributed by atoms with Crippen molar-refractivity contribution in [3.8, 4) is 0 Å². The smallest absolute Gasteiger partial charge is 0.202 e. The first-order chi connectivity index (χ1) is 11.3. The number of hydrogen-bond acceptors (Lipinski definition) is 5. The fourth-order valence-corrected chi connectivity index (χ4v) is 6.71. The molecule has 2 heterocycles. The lowest BCUT2D eigenvalue weighted by atomic mass is 10.0. The third kappa shape index (κ3) is 3.11. The third-order valence-corrected chi connectivity index (χ3v) is 8.38. The number of sulfone groups is 2. The van der Waals surface area contributed by atoms with Gasteiger partial charge in [0, 0.05) is 11.4 Å². The van der Waals surface area contributed by atoms with Gasteiger partial charge in [0.25, 0.3) is 0 Å². The second-order valence-corrected chi connectivity index (χ2v) is 11.1. The van der Waals surface area contributed by atoms with Crippen LogP contribution in [-0.2, 0) is 19.7 Å². The summed E-state index contributed by atoms with van der Waals surface area (Å²) >= 11 is 0. The average molecular weight is 367 g/mol. The second kappa shape index (κ2) is 5.59. The summed E-state index contributed by atoms with van der Waals surface area (Å²) in [4.78, 5) is 0.370. The van der Waals surface area contributed by atoms with E-state index in [2.05, 4.69) is 5.32 Å². The van der Waals surface area contributed by atoms with Gasteiger partial charge in [-0.15, -0.1) is 0 Å². The molecule has 1 aliphatic carbocycles. The van der Waals surface area contributed by atoms with E-state index in [1.807, 2.05) is 12.1 Å². The van der Waals surface area contributed by atoms with E-state index in [0.29, 0.717) is 29.3 Å². The molecular formula is C17H21NO4S2. The zero-order valence-corrected chi connectivity index (χ0v) is 15.0. The third-order valence-electron chi connectivity index (χ3n) is 5.06. The molecule has 0 spiro atoms. The minimum atomic E-state index is -3.42. The van der Waals surface area contributed by atoms with Crippen LogP contribution in [0.5, 0.6) is 0 Å². The fourth-order valence-electron chi connectivity index (χ4n) is 3.57. The molecule has 24 heavy (non-hydrogen) atoms. The Morgan fingerprint density at radius 1 is 1.00 bits per heavy atom. The molecule has 0 aromatic heterocycles. The summed E-state index contributed by atoms with van der Waals surface area (Å²) in [5, 5.41) is 4.71. The minimum Gasteiger partial charge on any atom is -0.381 e. The van der Waals surface area contributed by atoms with E-state index < -0.39 is 19.7 Å². The highest BCUT2D eigenvalue weighted by Crippen LogP contribution is 2.45. The molecule has 7 heteroatoms. The van der Waals surface area contributed by atoms with Gasteiger partial charge in [-0.05, 0) is 55.2 Å². The zero-order valence-electron chi connectivity index (χ0n) is 13.4. The molecule has 5 nitrogen and oxygen atoms in total. The molecule has 2 fully saturated rings. The van der Waals surface area contributed by atoms with Crippen LogP contribution in [-0.4, -0.2) is 34.4 Å². The van der Waals surface area contributed by atoms with Crippen LogP contribution in [0.15, 0.2) is 28.5 Å². The van der Waals surface area contributed by atoms with Gasteiger partial charge in [-0.2, -0.15) is 0 Å². The lowest BCUT2D eigenvalue weighted by Gasteiger charge is -2.25. The highest BCUT2D eigenvalue weighted by Gasteiger charge is 2.34. The maximum Gasteiger partial charge on any atom is 0.202 e. The predicted octanol–water partition coefficient (Wildman–Crippen LogP) is 2.60. The molecule has 1 saturated heterocycles. The number of benzene rings is 1. The van der Waals surface area contributed by atoms with Crippen molar-refractivity contribution in [2.75, 3.05) is 16.8 Å². The first-order valence-corrected chi connectivity index (χ1v) is 11.8. The van der Waals surface area contributed by atoms with Gasteiger partial charge in [-0.25, -0.2) is 16.8 Å². The minimum absolute atomic E-state index is 0.00251. The highest BCUT2D eigenvalue weighted by atomic mass is 32.2. The van der Waals surface area contributed by atoms with Crippen molar-refractivity contribution >= 4 is 30.9 Å². The Morgan fingerprint density at radius 2 is 1.71 bits per heavy atom. The molecule has 1 N–H and O–H groups in total. The molecule has 0 amide bonds. The number of nitrogens with one attached hydrogen (secondary N) is 1. The van der Waals surface area contributed by atoms with Crippen LogP contribution < -0.4 is 5.32 Å². The summed E-state index contributed by atoms with van der Waals surface area (Å²) in [5.74, 6) is 0.951. The first kappa shape index (κ1) is 16.1. The van der Waals surface area contributed by atoms with E-state index >= 15 is 0 Å². The molecule has 3 aliphatic rings. The van der Waals surface area contributed by atoms with Crippen LogP contribution in [0.25, 0.3) is 5.57 Å². The van der Waals surface area contributed by atoms with Gasteiger partial charge in [-0.1, -0.05) is 12.1 Å². The zero-order chi connectivity index (χ0) is 16.9. The molecular weight excluding hydrogens is 346 g/mol. The standard InChI is InChI=1S/C17H21NO4S2/c19-23(20)8-6-14(7-9-23)18-16-3-1-2-15-13(10-12-4-5-12)11-24(21,22)17(15)16/h1-3,11-12,14,18H,4-10H2. The summed E-state index contributed by atoms with van der Waals surface area (Å²) < 4.78 is 48.4. The van der Waals surface area contributed by atoms with Crippen LogP contribution in [0, 0.1) is 5.92 Å². The lowest BCUT2D eigenvalue weighted by molar-refractivity contribution is 0.559. The predicted molar refractivity (Wildman–Crippen MR) is 94.2 cm³/mol. The van der Waals surface area contributed by atoms with Gasteiger partial charge in [-0.3, -0.25) is 0 Å². The van der Waals surface area contributed by atoms with E-state index in [1.165, 1.54) is 18.2 Å². The van der Waals surface area contributed by atoms with Gasteiger partial charge in [0.15, 0.2) is 0 Å². The molecule has 1 aromatic carbocycles. The van der Waals surface area contributed by atoms with Crippen LogP contribution in [0.2, 0.25) is 0 Å². The summed E-state index contributed by atoms with van der Waals surface area (Å²) in [5.41, 5.74) is 2.34. The van der Waals surface area contributed by atoms with Crippen LogP contribution in [0.3, 0.4) is 0 Å². The number of anilines is 1. The van der Waals surface area contributed by atoms with Crippen molar-refractivity contribution in [3.63, 3.8) is 0 Å². The Bertz CT molecular complexity index is 898. The Morgan fingerprint density at radius 3 is 2.38 bits per heavy atom. The van der Waals surface area contributed by atoms with Crippen molar-refractivity contribution in [2.45, 2.75) is 43.0 Å². The van der Waals surface area contributed by atoms with Crippen LogP contribution in [0.1, 0.15) is 37.7 Å². The lowest BCUT2D eigenvalue weighted by Crippen LogP contribution is -2.32. The normalized spacial score (nSPS) is 25.1. The largest absolute Gasteiger partial charge is 0.381 e. The number of allylic oxidation sites excluding steroid dienone is 1. The first-order valence-electron chi connectivity index (χ1n) is 8.40. The van der Waals surface area contributed by atoms with Crippen molar-refractivity contribution in [3.05, 3.63) is 29.2 Å². The Kier molecular flexibility index (Phi) is 3.76. The molecule has 0 radical (unpaired) electrons. The van der Waals surface area contributed by atoms with Gasteiger partial charge in [0.1, 0.15) is 14.7 Å². The number of fused-ring (bicyclic) bond motifs is 1. The van der Waals surface area contributed by atoms with E-state index in [1.54, 1.807) is 6.07 Å². The fraction of sp³-hybridized carbons (Fsp3) is 0.529. The molecule has 0 unspecified atom stereocenters. The van der Waals surface area contributed by atoms with Crippen molar-refractivity contribution in [1.82, 2.24) is 0 Å². The molecule has 2 aliphatic heterocycles. The van der Waals surface area contributed by atoms with Gasteiger partial charge in [0.2, 0.25) is 9.84 Å². The Balaban J connectivity index is 1.61. The monoisotopic (exact) mass is 367 g/mol. The molecule has 4 rings (SSSR count). The van der Waals surface area contributed by atoms with E-state index in [9.17, 15) is 16.8 Å². The topological polar surface area (TPSA) is 80.3 Å². The quantitative estimate of drug-likeness (QED) is 0.885. The molecule has 0 bridgehead atoms. The van der Waals surface area contributed by atoms with Crippen molar-refractivity contribution < 1.29 is 16.8 Å². The van der Waals surface area contributed by atoms with Gasteiger partial charge >= 0.3 is 0 Å². The van der Waals surface area contributed by atoms with E-state index in [4.69, 9.17) is 0 Å². The van der Waals surface area contributed by atoms with Crippen molar-refractivity contribution in [2.24, 2.45) is 5.92 Å². The summed E-state index contributed by atoms with van der Waals surface area (Å²) in [6.45, 7) is 0. The number of hydrogen-bond donors (Lipinski definition) is 1.